The summed E-state index contributed by atoms with van der Waals surface area (Å²) in [5.74, 6) is -0.324. The number of halogens is 1. The first kappa shape index (κ1) is 11.7. The number of hydrogen-bond donors (Lipinski definition) is 1. The van der Waals surface area contributed by atoms with Gasteiger partial charge in [0, 0.05) is 11.1 Å². The maximum Gasteiger partial charge on any atom is 0.262 e. The molecule has 1 aromatic rings. The van der Waals surface area contributed by atoms with E-state index in [2.05, 4.69) is 5.32 Å². The number of amides is 1. The summed E-state index contributed by atoms with van der Waals surface area (Å²) in [5, 5.41) is 12.3. The number of nitriles is 1. The lowest BCUT2D eigenvalue weighted by molar-refractivity contribution is -0.117. The predicted molar refractivity (Wildman–Crippen MR) is 66.2 cm³/mol. The van der Waals surface area contributed by atoms with Crippen LogP contribution in [-0.2, 0) is 4.79 Å². The molecule has 1 aliphatic carbocycles. The average molecular weight is 247 g/mol. The summed E-state index contributed by atoms with van der Waals surface area (Å²) in [5.41, 5.74) is 0.765. The molecule has 1 aromatic carbocycles. The number of benzene rings is 1. The van der Waals surface area contributed by atoms with Gasteiger partial charge in [-0.1, -0.05) is 29.8 Å². The third kappa shape index (κ3) is 3.08. The number of nitrogens with zero attached hydrogens (tertiary/aromatic N) is 1. The fourth-order valence-electron chi connectivity index (χ4n) is 1.39. The van der Waals surface area contributed by atoms with Crippen molar-refractivity contribution in [3.63, 3.8) is 0 Å². The molecular weight excluding hydrogens is 236 g/mol. The normalized spacial score (nSPS) is 15.2. The Kier molecular flexibility index (Phi) is 3.46. The van der Waals surface area contributed by atoms with Crippen molar-refractivity contribution >= 4 is 23.6 Å². The summed E-state index contributed by atoms with van der Waals surface area (Å²) < 4.78 is 0. The van der Waals surface area contributed by atoms with Crippen LogP contribution in [0.3, 0.4) is 0 Å². The van der Waals surface area contributed by atoms with Crippen molar-refractivity contribution < 1.29 is 4.79 Å². The largest absolute Gasteiger partial charge is 0.349 e. The van der Waals surface area contributed by atoms with Gasteiger partial charge in [0.25, 0.3) is 5.91 Å². The molecule has 1 amide bonds. The number of carbonyl (C=O) groups is 1. The van der Waals surface area contributed by atoms with Crippen LogP contribution >= 0.6 is 11.6 Å². The van der Waals surface area contributed by atoms with E-state index in [1.54, 1.807) is 18.2 Å². The molecule has 0 aliphatic heterocycles. The highest BCUT2D eigenvalue weighted by Crippen LogP contribution is 2.21. The quantitative estimate of drug-likeness (QED) is 0.658. The summed E-state index contributed by atoms with van der Waals surface area (Å²) >= 11 is 5.96. The van der Waals surface area contributed by atoms with E-state index in [0.29, 0.717) is 10.6 Å². The highest BCUT2D eigenvalue weighted by molar-refractivity contribution is 6.32. The van der Waals surface area contributed by atoms with Gasteiger partial charge in [-0.25, -0.2) is 0 Å². The van der Waals surface area contributed by atoms with Gasteiger partial charge in [0.2, 0.25) is 0 Å². The monoisotopic (exact) mass is 246 g/mol. The van der Waals surface area contributed by atoms with Gasteiger partial charge in [-0.3, -0.25) is 4.79 Å². The van der Waals surface area contributed by atoms with Gasteiger partial charge >= 0.3 is 0 Å². The van der Waals surface area contributed by atoms with E-state index in [9.17, 15) is 4.79 Å². The molecule has 1 N–H and O–H groups in total. The minimum Gasteiger partial charge on any atom is -0.349 e. The Bertz CT molecular complexity index is 512. The van der Waals surface area contributed by atoms with E-state index in [1.807, 2.05) is 12.1 Å². The van der Waals surface area contributed by atoms with E-state index in [1.165, 1.54) is 6.08 Å². The zero-order valence-corrected chi connectivity index (χ0v) is 9.87. The van der Waals surface area contributed by atoms with Crippen LogP contribution in [0.1, 0.15) is 18.4 Å². The Morgan fingerprint density at radius 3 is 2.76 bits per heavy atom. The Morgan fingerprint density at radius 1 is 1.47 bits per heavy atom. The van der Waals surface area contributed by atoms with Crippen molar-refractivity contribution in [2.45, 2.75) is 18.9 Å². The van der Waals surface area contributed by atoms with Crippen LogP contribution in [0.2, 0.25) is 5.02 Å². The fraction of sp³-hybridized carbons (Fsp3) is 0.231. The second-order valence-electron chi connectivity index (χ2n) is 3.94. The molecule has 0 radical (unpaired) electrons. The summed E-state index contributed by atoms with van der Waals surface area (Å²) in [7, 11) is 0. The summed E-state index contributed by atoms with van der Waals surface area (Å²) in [4.78, 5) is 11.7. The Balaban J connectivity index is 2.20. The molecule has 1 saturated carbocycles. The third-order valence-corrected chi connectivity index (χ3v) is 2.83. The number of nitrogens with one attached hydrogen (secondary N) is 1. The second kappa shape index (κ2) is 5.03. The van der Waals surface area contributed by atoms with E-state index in [-0.39, 0.29) is 17.5 Å². The van der Waals surface area contributed by atoms with Crippen LogP contribution in [0.25, 0.3) is 6.08 Å². The molecule has 0 aromatic heterocycles. The van der Waals surface area contributed by atoms with Crippen LogP contribution < -0.4 is 5.32 Å². The van der Waals surface area contributed by atoms with Crippen molar-refractivity contribution in [3.8, 4) is 6.07 Å². The van der Waals surface area contributed by atoms with Crippen molar-refractivity contribution in [2.75, 3.05) is 0 Å². The smallest absolute Gasteiger partial charge is 0.262 e. The molecule has 0 spiro atoms. The molecule has 0 saturated heterocycles. The van der Waals surface area contributed by atoms with Gasteiger partial charge in [0.15, 0.2) is 0 Å². The molecular formula is C13H11ClN2O. The first-order chi connectivity index (χ1) is 8.20. The zero-order chi connectivity index (χ0) is 12.3. The first-order valence-electron chi connectivity index (χ1n) is 5.38. The van der Waals surface area contributed by atoms with Gasteiger partial charge in [-0.2, -0.15) is 5.26 Å². The van der Waals surface area contributed by atoms with Crippen molar-refractivity contribution in [1.29, 1.82) is 5.26 Å². The number of rotatable bonds is 3. The minimum atomic E-state index is -0.324. The Hall–Kier alpha value is -1.79. The van der Waals surface area contributed by atoms with Crippen molar-refractivity contribution in [2.24, 2.45) is 0 Å². The van der Waals surface area contributed by atoms with Crippen molar-refractivity contribution in [3.05, 3.63) is 40.4 Å². The predicted octanol–water partition coefficient (Wildman–Crippen LogP) is 2.53. The lowest BCUT2D eigenvalue weighted by Gasteiger charge is -2.02. The van der Waals surface area contributed by atoms with Crippen LogP contribution in [0.4, 0.5) is 0 Å². The molecule has 2 rings (SSSR count). The minimum absolute atomic E-state index is 0.0880. The lowest BCUT2D eigenvalue weighted by atomic mass is 10.1. The lowest BCUT2D eigenvalue weighted by Crippen LogP contribution is -2.26. The van der Waals surface area contributed by atoms with E-state index in [0.717, 1.165) is 12.8 Å². The topological polar surface area (TPSA) is 52.9 Å². The number of carbonyl (C=O) groups excluding carboxylic acids is 1. The first-order valence-corrected chi connectivity index (χ1v) is 5.75. The molecule has 86 valence electrons. The van der Waals surface area contributed by atoms with E-state index in [4.69, 9.17) is 16.9 Å². The zero-order valence-electron chi connectivity index (χ0n) is 9.11. The van der Waals surface area contributed by atoms with Gasteiger partial charge in [-0.15, -0.1) is 0 Å². The number of hydrogen-bond acceptors (Lipinski definition) is 2. The summed E-state index contributed by atoms with van der Waals surface area (Å²) in [6.45, 7) is 0. The fourth-order valence-corrected chi connectivity index (χ4v) is 1.58. The highest BCUT2D eigenvalue weighted by Gasteiger charge is 2.24. The van der Waals surface area contributed by atoms with Gasteiger partial charge < -0.3 is 5.32 Å². The molecule has 1 fully saturated rings. The van der Waals surface area contributed by atoms with E-state index >= 15 is 0 Å². The van der Waals surface area contributed by atoms with Crippen LogP contribution in [0.5, 0.6) is 0 Å². The SMILES string of the molecule is N#C/C(=C\c1ccccc1Cl)C(=O)NC1CC1. The van der Waals surface area contributed by atoms with Gasteiger partial charge in [0.1, 0.15) is 11.6 Å². The van der Waals surface area contributed by atoms with Crippen LogP contribution in [0, 0.1) is 11.3 Å². The van der Waals surface area contributed by atoms with Crippen molar-refractivity contribution in [1.82, 2.24) is 5.32 Å². The maximum atomic E-state index is 11.7. The molecule has 4 heteroatoms. The molecule has 1 aliphatic rings. The van der Waals surface area contributed by atoms with Crippen LogP contribution in [0.15, 0.2) is 29.8 Å². The Labute approximate surface area is 105 Å². The average Bonchev–Trinajstić information content (AvgIpc) is 3.11. The van der Waals surface area contributed by atoms with Crippen LogP contribution in [-0.4, -0.2) is 11.9 Å². The molecule has 0 atom stereocenters. The Morgan fingerprint density at radius 2 is 2.18 bits per heavy atom. The molecule has 3 nitrogen and oxygen atoms in total. The summed E-state index contributed by atoms with van der Waals surface area (Å²) in [6.07, 6.45) is 3.51. The maximum absolute atomic E-state index is 11.7. The van der Waals surface area contributed by atoms with E-state index < -0.39 is 0 Å². The second-order valence-corrected chi connectivity index (χ2v) is 4.35. The summed E-state index contributed by atoms with van der Waals surface area (Å²) in [6, 6.07) is 9.25. The molecule has 0 bridgehead atoms. The van der Waals surface area contributed by atoms with Gasteiger partial charge in [0.05, 0.1) is 0 Å². The third-order valence-electron chi connectivity index (χ3n) is 2.48. The molecule has 0 unspecified atom stereocenters. The highest BCUT2D eigenvalue weighted by atomic mass is 35.5. The molecule has 17 heavy (non-hydrogen) atoms. The standard InChI is InChI=1S/C13H11ClN2O/c14-12-4-2-1-3-9(12)7-10(8-15)13(17)16-11-5-6-11/h1-4,7,11H,5-6H2,(H,16,17)/b10-7+. The molecule has 0 heterocycles. The van der Waals surface area contributed by atoms with Gasteiger partial charge in [-0.05, 0) is 30.5 Å².